The summed E-state index contributed by atoms with van der Waals surface area (Å²) in [7, 11) is 6.82. The van der Waals surface area contributed by atoms with E-state index in [1.165, 1.54) is 6.33 Å². The summed E-state index contributed by atoms with van der Waals surface area (Å²) in [5.41, 5.74) is 2.46. The van der Waals surface area contributed by atoms with E-state index in [2.05, 4.69) is 19.9 Å². The fourth-order valence-electron chi connectivity index (χ4n) is 7.35. The van der Waals surface area contributed by atoms with Crippen LogP contribution in [0.25, 0.3) is 11.2 Å². The van der Waals surface area contributed by atoms with Crippen LogP contribution in [0.5, 0.6) is 11.5 Å². The van der Waals surface area contributed by atoms with Gasteiger partial charge in [-0.25, -0.2) is 19.9 Å². The summed E-state index contributed by atoms with van der Waals surface area (Å²) in [6.07, 6.45) is 2.64. The predicted octanol–water partition coefficient (Wildman–Crippen LogP) is 5.61. The van der Waals surface area contributed by atoms with Crippen molar-refractivity contribution < 1.29 is 33.6 Å². The zero-order valence-electron chi connectivity index (χ0n) is 29.6. The Morgan fingerprint density at radius 2 is 1.58 bits per heavy atom. The van der Waals surface area contributed by atoms with Crippen molar-refractivity contribution in [3.8, 4) is 11.5 Å². The van der Waals surface area contributed by atoms with Crippen LogP contribution in [0.2, 0.25) is 0 Å². The summed E-state index contributed by atoms with van der Waals surface area (Å²) in [5.74, 6) is 1.25. The van der Waals surface area contributed by atoms with Gasteiger partial charge in [0.05, 0.1) is 39.7 Å². The molecular formula is C39H42N6O7. The monoisotopic (exact) mass is 706 g/mol. The number of carboxylic acids is 1. The number of aromatic nitrogens is 4. The zero-order chi connectivity index (χ0) is 36.2. The van der Waals surface area contributed by atoms with Crippen LogP contribution in [0.1, 0.15) is 42.2 Å². The number of carboxylic acid groups (broad SMARTS) is 1. The van der Waals surface area contributed by atoms with Crippen LogP contribution < -0.4 is 9.47 Å². The molecular weight excluding hydrogens is 664 g/mol. The van der Waals surface area contributed by atoms with Crippen molar-refractivity contribution in [2.75, 3.05) is 41.5 Å². The Balaban J connectivity index is 1.28. The molecule has 0 aliphatic carbocycles. The van der Waals surface area contributed by atoms with E-state index in [0.717, 1.165) is 41.9 Å². The molecule has 2 aromatic heterocycles. The number of rotatable bonds is 13. The smallest absolute Gasteiger partial charge is 0.303 e. The third-order valence-electron chi connectivity index (χ3n) is 10.00. The number of ether oxygens (including phenoxy) is 5. The van der Waals surface area contributed by atoms with Crippen LogP contribution in [0, 0.1) is 5.92 Å². The molecule has 2 aliphatic heterocycles. The van der Waals surface area contributed by atoms with Crippen LogP contribution >= 0.6 is 0 Å². The number of aliphatic carboxylic acids is 1. The largest absolute Gasteiger partial charge is 0.497 e. The van der Waals surface area contributed by atoms with Gasteiger partial charge in [-0.05, 0) is 47.4 Å². The molecule has 0 saturated carbocycles. The zero-order valence-corrected chi connectivity index (χ0v) is 29.6. The van der Waals surface area contributed by atoms with Crippen LogP contribution in [0.4, 0.5) is 5.82 Å². The highest BCUT2D eigenvalue weighted by atomic mass is 16.6. The molecule has 0 radical (unpaired) electrons. The topological polar surface area (TPSA) is 143 Å². The van der Waals surface area contributed by atoms with Gasteiger partial charge < -0.3 is 33.7 Å². The van der Waals surface area contributed by atoms with Gasteiger partial charge in [-0.15, -0.1) is 0 Å². The molecule has 13 nitrogen and oxygen atoms in total. The number of hydrogen-bond donors (Lipinski definition) is 1. The van der Waals surface area contributed by atoms with Crippen LogP contribution in [-0.4, -0.2) is 95.1 Å². The molecule has 270 valence electrons. The van der Waals surface area contributed by atoms with E-state index in [1.54, 1.807) is 32.2 Å². The van der Waals surface area contributed by atoms with E-state index in [0.29, 0.717) is 28.5 Å². The van der Waals surface area contributed by atoms with E-state index in [1.807, 2.05) is 85.9 Å². The van der Waals surface area contributed by atoms with E-state index in [4.69, 9.17) is 28.7 Å². The summed E-state index contributed by atoms with van der Waals surface area (Å²) in [5, 5.41) is 10.1. The van der Waals surface area contributed by atoms with E-state index in [9.17, 15) is 9.90 Å². The first-order valence-electron chi connectivity index (χ1n) is 17.2. The molecule has 5 aromatic rings. The maximum Gasteiger partial charge on any atom is 0.303 e. The second-order valence-corrected chi connectivity index (χ2v) is 12.9. The summed E-state index contributed by atoms with van der Waals surface area (Å²) in [4.78, 5) is 32.9. The number of likely N-dealkylation sites (tertiary alicyclic amines) is 1. The summed E-state index contributed by atoms with van der Waals surface area (Å²) < 4.78 is 32.7. The second kappa shape index (κ2) is 15.1. The quantitative estimate of drug-likeness (QED) is 0.153. The third kappa shape index (κ3) is 6.58. The molecule has 0 unspecified atom stereocenters. The first-order chi connectivity index (χ1) is 25.4. The van der Waals surface area contributed by atoms with Crippen molar-refractivity contribution in [2.45, 2.75) is 43.3 Å². The number of carbonyl (C=O) groups is 1. The Labute approximate surface area is 301 Å². The van der Waals surface area contributed by atoms with Gasteiger partial charge in [-0.3, -0.25) is 9.36 Å². The molecule has 0 spiro atoms. The van der Waals surface area contributed by atoms with Gasteiger partial charge in [-0.1, -0.05) is 54.6 Å². The SMILES string of the molecule is COc1ccc(C(OC[C@H]2O[C@@H](n3cnc4c(/N=C5/CCCN5C)ncnc43)[C@H](OC)[C@@H]2CC(=O)O)(c2ccccc2)c2ccc(OC)cc2)cc1. The highest BCUT2D eigenvalue weighted by Gasteiger charge is 2.49. The molecule has 2 fully saturated rings. The second-order valence-electron chi connectivity index (χ2n) is 12.9. The number of hydrogen-bond acceptors (Lipinski definition) is 10. The van der Waals surface area contributed by atoms with Gasteiger partial charge in [0.15, 0.2) is 23.2 Å². The standard InChI is InChI=1S/C39H42N6O7/c1-44-20-8-11-32(44)43-36-34-37(41-23-40-36)45(24-42-34)38-35(50-4)30(21-33(46)47)31(52-38)22-51-39(25-9-6-5-7-10-25,26-12-16-28(48-2)17-13-26)27-14-18-29(49-3)19-15-27/h5-7,9-10,12-19,23-24,30-31,35,38H,8,11,20-22H2,1-4H3,(H,46,47)/b43-32-/t30-,31-,35-,38-/m1/s1. The minimum Gasteiger partial charge on any atom is -0.497 e. The summed E-state index contributed by atoms with van der Waals surface area (Å²) in [6, 6.07) is 25.4. The molecule has 2 saturated heterocycles. The Morgan fingerprint density at radius 1 is 0.923 bits per heavy atom. The van der Waals surface area contributed by atoms with Crippen molar-refractivity contribution in [3.05, 3.63) is 108 Å². The van der Waals surface area contributed by atoms with Gasteiger partial charge in [0, 0.05) is 33.0 Å². The van der Waals surface area contributed by atoms with E-state index in [-0.39, 0.29) is 13.0 Å². The normalized spacial score (nSPS) is 21.2. The number of imidazole rings is 1. The molecule has 13 heteroatoms. The van der Waals surface area contributed by atoms with Gasteiger partial charge in [0.25, 0.3) is 0 Å². The fraction of sp³-hybridized carbons (Fsp3) is 0.359. The molecule has 0 amide bonds. The molecule has 4 atom stereocenters. The van der Waals surface area contributed by atoms with E-state index < -0.39 is 35.9 Å². The molecule has 1 N–H and O–H groups in total. The Kier molecular flexibility index (Phi) is 10.2. The number of nitrogens with zero attached hydrogens (tertiary/aromatic N) is 6. The van der Waals surface area contributed by atoms with Crippen LogP contribution in [0.3, 0.4) is 0 Å². The average Bonchev–Trinajstić information content (AvgIpc) is 3.89. The molecule has 7 rings (SSSR count). The lowest BCUT2D eigenvalue weighted by Gasteiger charge is -2.37. The number of benzene rings is 3. The predicted molar refractivity (Wildman–Crippen MR) is 193 cm³/mol. The van der Waals surface area contributed by atoms with Gasteiger partial charge in [0.1, 0.15) is 35.4 Å². The van der Waals surface area contributed by atoms with E-state index >= 15 is 0 Å². The number of methoxy groups -OCH3 is 3. The van der Waals surface area contributed by atoms with Crippen molar-refractivity contribution in [1.29, 1.82) is 0 Å². The lowest BCUT2D eigenvalue weighted by Crippen LogP contribution is -2.38. The number of fused-ring (bicyclic) bond motifs is 1. The number of aliphatic imine (C=N–C) groups is 1. The molecule has 2 aliphatic rings. The van der Waals surface area contributed by atoms with Crippen molar-refractivity contribution in [1.82, 2.24) is 24.4 Å². The maximum absolute atomic E-state index is 12.4. The minimum absolute atomic E-state index is 0.0219. The Hall–Kier alpha value is -5.37. The fourth-order valence-corrected chi connectivity index (χ4v) is 7.35. The summed E-state index contributed by atoms with van der Waals surface area (Å²) >= 11 is 0. The highest BCUT2D eigenvalue weighted by molar-refractivity contribution is 5.90. The highest BCUT2D eigenvalue weighted by Crippen LogP contribution is 2.45. The van der Waals surface area contributed by atoms with Gasteiger partial charge >= 0.3 is 5.97 Å². The van der Waals surface area contributed by atoms with Crippen molar-refractivity contribution in [2.24, 2.45) is 10.9 Å². The molecule has 4 heterocycles. The summed E-state index contributed by atoms with van der Waals surface area (Å²) in [6.45, 7) is 0.956. The van der Waals surface area contributed by atoms with Gasteiger partial charge in [-0.2, -0.15) is 0 Å². The van der Waals surface area contributed by atoms with Crippen molar-refractivity contribution >= 4 is 28.8 Å². The van der Waals surface area contributed by atoms with Crippen LogP contribution in [0.15, 0.2) is 96.5 Å². The first kappa shape index (κ1) is 35.1. The van der Waals surface area contributed by atoms with Crippen molar-refractivity contribution in [3.63, 3.8) is 0 Å². The third-order valence-corrected chi connectivity index (χ3v) is 10.00. The Morgan fingerprint density at radius 3 is 2.15 bits per heavy atom. The first-order valence-corrected chi connectivity index (χ1v) is 17.2. The van der Waals surface area contributed by atoms with Crippen LogP contribution in [-0.2, 0) is 24.6 Å². The minimum atomic E-state index is -1.13. The maximum atomic E-state index is 12.4. The lowest BCUT2D eigenvalue weighted by atomic mass is 9.80. The number of amidine groups is 1. The Bertz CT molecular complexity index is 1970. The average molecular weight is 707 g/mol. The molecule has 3 aromatic carbocycles. The molecule has 52 heavy (non-hydrogen) atoms. The molecule has 0 bridgehead atoms. The lowest BCUT2D eigenvalue weighted by molar-refractivity contribution is -0.140. The van der Waals surface area contributed by atoms with Gasteiger partial charge in [0.2, 0.25) is 0 Å².